The second-order valence-corrected chi connectivity index (χ2v) is 10.1. The van der Waals surface area contributed by atoms with E-state index in [1.165, 1.54) is 6.07 Å². The fourth-order valence-corrected chi connectivity index (χ4v) is 3.55. The molecule has 0 aliphatic heterocycles. The summed E-state index contributed by atoms with van der Waals surface area (Å²) >= 11 is 0. The first-order chi connectivity index (χ1) is 10.0. The van der Waals surface area contributed by atoms with Crippen LogP contribution in [0.2, 0.25) is 0 Å². The smallest absolute Gasteiger partial charge is 1.00 e. The molecule has 0 amide bonds. The number of hydrogen-bond acceptors (Lipinski definition) is 4. The molecule has 0 saturated heterocycles. The molecule has 0 radical (unpaired) electrons. The van der Waals surface area contributed by atoms with E-state index in [0.29, 0.717) is 5.56 Å². The van der Waals surface area contributed by atoms with E-state index in [-0.39, 0.29) is 31.5 Å². The number of rotatable bonds is 4. The summed E-state index contributed by atoms with van der Waals surface area (Å²) < 4.78 is 31.3. The van der Waals surface area contributed by atoms with Gasteiger partial charge in [0, 0.05) is 5.56 Å². The van der Waals surface area contributed by atoms with Gasteiger partial charge < -0.3 is 15.7 Å². The second-order valence-electron chi connectivity index (χ2n) is 7.34. The molecule has 0 aliphatic rings. The molecule has 134 valence electrons. The quantitative estimate of drug-likeness (QED) is 0.532. The van der Waals surface area contributed by atoms with Gasteiger partial charge in [0.25, 0.3) is 0 Å². The molecular formula is C14H25LiO7P2. The fourth-order valence-electron chi connectivity index (χ4n) is 1.94. The maximum Gasteiger partial charge on any atom is 1.00 e. The monoisotopic (exact) mass is 374 g/mol. The first-order valence-corrected chi connectivity index (χ1v) is 9.98. The van der Waals surface area contributed by atoms with Gasteiger partial charge in [-0.15, -0.1) is 0 Å². The molecule has 1 rings (SSSR count). The average Bonchev–Trinajstić information content (AvgIpc) is 2.21. The SMILES string of the molecule is CC(C)(C)c1ccc(OP(=O)(O)OP(=O)(O)O)c(C(C)(C)C)c1.[H-].[Li+]. The molecule has 7 nitrogen and oxygen atoms in total. The molecule has 1 unspecified atom stereocenters. The van der Waals surface area contributed by atoms with Crippen molar-refractivity contribution in [2.24, 2.45) is 0 Å². The van der Waals surface area contributed by atoms with Gasteiger partial charge in [-0.1, -0.05) is 53.7 Å². The molecule has 0 aromatic heterocycles. The van der Waals surface area contributed by atoms with Gasteiger partial charge in [0.1, 0.15) is 5.75 Å². The summed E-state index contributed by atoms with van der Waals surface area (Å²) in [7, 11) is -10.1. The van der Waals surface area contributed by atoms with Crippen molar-refractivity contribution in [3.63, 3.8) is 0 Å². The maximum atomic E-state index is 11.8. The van der Waals surface area contributed by atoms with Crippen molar-refractivity contribution >= 4 is 15.6 Å². The van der Waals surface area contributed by atoms with Crippen LogP contribution in [0.5, 0.6) is 5.75 Å². The molecule has 1 aromatic rings. The predicted molar refractivity (Wildman–Crippen MR) is 88.5 cm³/mol. The van der Waals surface area contributed by atoms with Crippen molar-refractivity contribution < 1.29 is 52.9 Å². The van der Waals surface area contributed by atoms with Crippen molar-refractivity contribution in [3.05, 3.63) is 29.3 Å². The van der Waals surface area contributed by atoms with Gasteiger partial charge in [0.15, 0.2) is 0 Å². The van der Waals surface area contributed by atoms with E-state index in [9.17, 15) is 14.0 Å². The van der Waals surface area contributed by atoms with Crippen LogP contribution in [-0.2, 0) is 24.3 Å². The molecule has 0 saturated carbocycles. The van der Waals surface area contributed by atoms with Crippen molar-refractivity contribution in [2.45, 2.75) is 52.4 Å². The van der Waals surface area contributed by atoms with E-state index in [2.05, 4.69) is 4.31 Å². The zero-order valence-electron chi connectivity index (χ0n) is 16.1. The Hall–Kier alpha value is -0.0826. The topological polar surface area (TPSA) is 113 Å². The van der Waals surface area contributed by atoms with E-state index in [1.54, 1.807) is 6.07 Å². The van der Waals surface area contributed by atoms with Gasteiger partial charge in [-0.25, -0.2) is 9.13 Å². The van der Waals surface area contributed by atoms with Crippen LogP contribution < -0.4 is 23.4 Å². The Morgan fingerprint density at radius 1 is 0.958 bits per heavy atom. The minimum absolute atomic E-state index is 0. The van der Waals surface area contributed by atoms with E-state index in [4.69, 9.17) is 14.3 Å². The molecule has 1 atom stereocenters. The van der Waals surface area contributed by atoms with Gasteiger partial charge in [-0.05, 0) is 22.5 Å². The molecule has 1 aromatic carbocycles. The summed E-state index contributed by atoms with van der Waals surface area (Å²) in [5, 5.41) is 0. The minimum Gasteiger partial charge on any atom is -1.00 e. The number of hydrogen-bond donors (Lipinski definition) is 3. The van der Waals surface area contributed by atoms with Gasteiger partial charge in [-0.3, -0.25) is 4.89 Å². The summed E-state index contributed by atoms with van der Waals surface area (Å²) in [5.41, 5.74) is 1.08. The fraction of sp³-hybridized carbons (Fsp3) is 0.571. The Kier molecular flexibility index (Phi) is 7.63. The van der Waals surface area contributed by atoms with Crippen LogP contribution in [0.1, 0.15) is 54.1 Å². The molecule has 0 spiro atoms. The second kappa shape index (κ2) is 7.66. The molecule has 0 aliphatic carbocycles. The summed E-state index contributed by atoms with van der Waals surface area (Å²) in [6.07, 6.45) is 0. The van der Waals surface area contributed by atoms with Gasteiger partial charge >= 0.3 is 34.5 Å². The molecular weight excluding hydrogens is 349 g/mol. The van der Waals surface area contributed by atoms with Crippen LogP contribution >= 0.6 is 15.6 Å². The Bertz CT molecular complexity index is 677. The van der Waals surface area contributed by atoms with E-state index < -0.39 is 21.1 Å². The standard InChI is InChI=1S/C14H24O7P2.Li.H/c1-13(2,3)10-7-8-12(11(9-10)14(4,5)6)20-23(18,19)21-22(15,16)17;;/h7-9H,1-6H3,(H,18,19)(H2,15,16,17);;/q;+1;-1. The molecule has 10 heteroatoms. The summed E-state index contributed by atoms with van der Waals surface area (Å²) in [6.45, 7) is 11.8. The maximum absolute atomic E-state index is 11.8. The largest absolute Gasteiger partial charge is 1.00 e. The zero-order chi connectivity index (χ0) is 18.3. The van der Waals surface area contributed by atoms with Crippen molar-refractivity contribution in [1.29, 1.82) is 0 Å². The van der Waals surface area contributed by atoms with Crippen LogP contribution in [0.3, 0.4) is 0 Å². The summed E-state index contributed by atoms with van der Waals surface area (Å²) in [6, 6.07) is 5.10. The Morgan fingerprint density at radius 3 is 1.83 bits per heavy atom. The number of phosphoric ester groups is 1. The predicted octanol–water partition coefficient (Wildman–Crippen LogP) is 0.987. The van der Waals surface area contributed by atoms with Crippen molar-refractivity contribution in [2.75, 3.05) is 0 Å². The van der Waals surface area contributed by atoms with E-state index >= 15 is 0 Å². The Labute approximate surface area is 156 Å². The third-order valence-corrected chi connectivity index (χ3v) is 5.18. The minimum atomic E-state index is -5.15. The molecule has 24 heavy (non-hydrogen) atoms. The number of benzene rings is 1. The van der Waals surface area contributed by atoms with Crippen LogP contribution in [0.4, 0.5) is 0 Å². The van der Waals surface area contributed by atoms with Crippen LogP contribution in [-0.4, -0.2) is 14.7 Å². The van der Waals surface area contributed by atoms with Crippen LogP contribution in [0.25, 0.3) is 0 Å². The summed E-state index contributed by atoms with van der Waals surface area (Å²) in [5.74, 6) is 0.0461. The Balaban J connectivity index is 0. The first-order valence-electron chi connectivity index (χ1n) is 6.96. The molecule has 3 N–H and O–H groups in total. The molecule has 0 bridgehead atoms. The van der Waals surface area contributed by atoms with Crippen LogP contribution in [0, 0.1) is 0 Å². The first kappa shape index (κ1) is 23.9. The summed E-state index contributed by atoms with van der Waals surface area (Å²) in [4.78, 5) is 26.9. The molecule has 0 heterocycles. The van der Waals surface area contributed by atoms with Crippen LogP contribution in [0.15, 0.2) is 18.2 Å². The van der Waals surface area contributed by atoms with E-state index in [1.807, 2.05) is 47.6 Å². The third-order valence-electron chi connectivity index (χ3n) is 3.08. The van der Waals surface area contributed by atoms with E-state index in [0.717, 1.165) is 5.56 Å². The zero-order valence-corrected chi connectivity index (χ0v) is 16.9. The number of phosphoric acid groups is 2. The third kappa shape index (κ3) is 7.43. The molecule has 0 fully saturated rings. The van der Waals surface area contributed by atoms with Gasteiger partial charge in [0.2, 0.25) is 0 Å². The van der Waals surface area contributed by atoms with Gasteiger partial charge in [0.05, 0.1) is 0 Å². The average molecular weight is 374 g/mol. The normalized spacial score (nSPS) is 15.4. The Morgan fingerprint density at radius 2 is 1.46 bits per heavy atom. The van der Waals surface area contributed by atoms with Crippen molar-refractivity contribution in [1.82, 2.24) is 0 Å². The van der Waals surface area contributed by atoms with Crippen molar-refractivity contribution in [3.8, 4) is 5.75 Å². The van der Waals surface area contributed by atoms with Gasteiger partial charge in [-0.2, -0.15) is 4.31 Å².